The van der Waals surface area contributed by atoms with Crippen LogP contribution in [0.4, 0.5) is 0 Å². The number of nitrogens with zero attached hydrogens (tertiary/aromatic N) is 2. The number of rotatable bonds is 6. The summed E-state index contributed by atoms with van der Waals surface area (Å²) in [6, 6.07) is 8.45. The Kier molecular flexibility index (Phi) is 5.83. The van der Waals surface area contributed by atoms with Gasteiger partial charge < -0.3 is 4.90 Å². The molecule has 0 unspecified atom stereocenters. The number of hydrogen-bond donors (Lipinski definition) is 0. The predicted molar refractivity (Wildman–Crippen MR) is 94.5 cm³/mol. The molecule has 118 valence electrons. The first-order chi connectivity index (χ1) is 10.6. The van der Waals surface area contributed by atoms with E-state index in [1.165, 1.54) is 16.5 Å². The molecule has 0 aliphatic heterocycles. The van der Waals surface area contributed by atoms with Gasteiger partial charge >= 0.3 is 0 Å². The van der Waals surface area contributed by atoms with Crippen molar-refractivity contribution in [2.24, 2.45) is 0 Å². The summed E-state index contributed by atoms with van der Waals surface area (Å²) in [6.45, 7) is 9.77. The average molecular weight is 316 g/mol. The van der Waals surface area contributed by atoms with Crippen LogP contribution in [0.25, 0.3) is 10.9 Å². The third-order valence-corrected chi connectivity index (χ3v) is 4.93. The molecule has 2 rings (SSSR count). The molecule has 1 aromatic carbocycles. The maximum Gasteiger partial charge on any atom is 0.232 e. The van der Waals surface area contributed by atoms with Gasteiger partial charge in [-0.05, 0) is 44.4 Å². The van der Waals surface area contributed by atoms with Gasteiger partial charge in [0.05, 0.1) is 11.3 Å². The Morgan fingerprint density at radius 1 is 1.23 bits per heavy atom. The van der Waals surface area contributed by atoms with E-state index < -0.39 is 0 Å². The minimum Gasteiger partial charge on any atom is -0.343 e. The molecule has 0 fully saturated rings. The molecule has 0 aliphatic carbocycles. The van der Waals surface area contributed by atoms with Crippen LogP contribution in [0.5, 0.6) is 0 Å². The normalized spacial score (nSPS) is 10.9. The Morgan fingerprint density at radius 2 is 1.95 bits per heavy atom. The number of carbonyl (C=O) groups excluding carboxylic acids is 1. The number of thioether (sulfide) groups is 1. The fourth-order valence-electron chi connectivity index (χ4n) is 2.55. The number of para-hydroxylation sites is 1. The quantitative estimate of drug-likeness (QED) is 0.753. The number of hydrogen-bond acceptors (Lipinski definition) is 3. The van der Waals surface area contributed by atoms with Crippen molar-refractivity contribution in [1.29, 1.82) is 0 Å². The van der Waals surface area contributed by atoms with Crippen molar-refractivity contribution in [2.45, 2.75) is 39.1 Å². The molecule has 0 atom stereocenters. The molecule has 4 heteroatoms. The predicted octanol–water partition coefficient (Wildman–Crippen LogP) is 4.07. The van der Waals surface area contributed by atoms with E-state index in [1.54, 1.807) is 11.8 Å². The summed E-state index contributed by atoms with van der Waals surface area (Å²) in [5.41, 5.74) is 3.44. The SMILES string of the molecule is CCc1cc2cccc(C)c2nc1SCC(=O)N(CC)CC. The number of carbonyl (C=O) groups is 1. The van der Waals surface area contributed by atoms with Crippen molar-refractivity contribution in [1.82, 2.24) is 9.88 Å². The molecule has 1 heterocycles. The van der Waals surface area contributed by atoms with E-state index in [9.17, 15) is 4.79 Å². The maximum atomic E-state index is 12.2. The van der Waals surface area contributed by atoms with Gasteiger partial charge in [0.25, 0.3) is 0 Å². The fourth-order valence-corrected chi connectivity index (χ4v) is 3.54. The molecule has 2 aromatic rings. The molecule has 0 saturated heterocycles. The molecule has 1 aromatic heterocycles. The highest BCUT2D eigenvalue weighted by atomic mass is 32.2. The van der Waals surface area contributed by atoms with Gasteiger partial charge in [-0.3, -0.25) is 4.79 Å². The zero-order valence-electron chi connectivity index (χ0n) is 13.8. The Hall–Kier alpha value is -1.55. The van der Waals surface area contributed by atoms with Crippen LogP contribution < -0.4 is 0 Å². The number of aromatic nitrogens is 1. The average Bonchev–Trinajstić information content (AvgIpc) is 2.53. The fraction of sp³-hybridized carbons (Fsp3) is 0.444. The topological polar surface area (TPSA) is 33.2 Å². The van der Waals surface area contributed by atoms with E-state index in [4.69, 9.17) is 4.98 Å². The Balaban J connectivity index is 2.26. The van der Waals surface area contributed by atoms with Crippen molar-refractivity contribution in [2.75, 3.05) is 18.8 Å². The highest BCUT2D eigenvalue weighted by Crippen LogP contribution is 2.27. The molecule has 0 aliphatic rings. The van der Waals surface area contributed by atoms with Gasteiger partial charge in [-0.15, -0.1) is 0 Å². The van der Waals surface area contributed by atoms with E-state index in [-0.39, 0.29) is 5.91 Å². The Bertz CT molecular complexity index is 665. The lowest BCUT2D eigenvalue weighted by molar-refractivity contribution is -0.127. The molecule has 0 radical (unpaired) electrons. The third kappa shape index (κ3) is 3.61. The molecule has 0 N–H and O–H groups in total. The van der Waals surface area contributed by atoms with Gasteiger partial charge in [0, 0.05) is 18.5 Å². The number of aryl methyl sites for hydroxylation is 2. The second-order valence-corrected chi connectivity index (χ2v) is 6.27. The number of benzene rings is 1. The van der Waals surface area contributed by atoms with Crippen molar-refractivity contribution < 1.29 is 4.79 Å². The summed E-state index contributed by atoms with van der Waals surface area (Å²) in [7, 11) is 0. The van der Waals surface area contributed by atoms with Crippen LogP contribution in [0.2, 0.25) is 0 Å². The minimum atomic E-state index is 0.184. The van der Waals surface area contributed by atoms with Crippen LogP contribution >= 0.6 is 11.8 Å². The number of pyridine rings is 1. The molecule has 1 amide bonds. The van der Waals surface area contributed by atoms with Gasteiger partial charge in [-0.1, -0.05) is 36.9 Å². The zero-order valence-corrected chi connectivity index (χ0v) is 14.7. The number of amides is 1. The van der Waals surface area contributed by atoms with E-state index >= 15 is 0 Å². The first-order valence-corrected chi connectivity index (χ1v) is 8.89. The van der Waals surface area contributed by atoms with Gasteiger partial charge in [-0.25, -0.2) is 4.98 Å². The standard InChI is InChI=1S/C18H24N2OS/c1-5-14-11-15-10-8-9-13(4)17(15)19-18(14)22-12-16(21)20(6-2)7-3/h8-11H,5-7,12H2,1-4H3. The molecule has 22 heavy (non-hydrogen) atoms. The second-order valence-electron chi connectivity index (χ2n) is 5.31. The summed E-state index contributed by atoms with van der Waals surface area (Å²) < 4.78 is 0. The molecule has 0 bridgehead atoms. The lowest BCUT2D eigenvalue weighted by Gasteiger charge is -2.18. The summed E-state index contributed by atoms with van der Waals surface area (Å²) in [6.07, 6.45) is 0.929. The minimum absolute atomic E-state index is 0.184. The van der Waals surface area contributed by atoms with Gasteiger partial charge in [0.2, 0.25) is 5.91 Å². The highest BCUT2D eigenvalue weighted by molar-refractivity contribution is 7.99. The highest BCUT2D eigenvalue weighted by Gasteiger charge is 2.13. The molecule has 3 nitrogen and oxygen atoms in total. The summed E-state index contributed by atoms with van der Waals surface area (Å²) in [5.74, 6) is 0.641. The van der Waals surface area contributed by atoms with Gasteiger partial charge in [0.1, 0.15) is 5.03 Å². The largest absolute Gasteiger partial charge is 0.343 e. The smallest absolute Gasteiger partial charge is 0.232 e. The van der Waals surface area contributed by atoms with E-state index in [2.05, 4.69) is 38.1 Å². The number of fused-ring (bicyclic) bond motifs is 1. The second kappa shape index (κ2) is 7.63. The molecule has 0 saturated carbocycles. The maximum absolute atomic E-state index is 12.2. The van der Waals surface area contributed by atoms with Crippen molar-refractivity contribution in [3.05, 3.63) is 35.4 Å². The molecular formula is C18H24N2OS. The first kappa shape index (κ1) is 16.8. The van der Waals surface area contributed by atoms with Crippen LogP contribution in [0.1, 0.15) is 31.9 Å². The van der Waals surface area contributed by atoms with Crippen LogP contribution in [0.15, 0.2) is 29.3 Å². The summed E-state index contributed by atoms with van der Waals surface area (Å²) >= 11 is 1.56. The van der Waals surface area contributed by atoms with Crippen molar-refractivity contribution in [3.8, 4) is 0 Å². The van der Waals surface area contributed by atoms with E-state index in [0.717, 1.165) is 30.1 Å². The van der Waals surface area contributed by atoms with Crippen LogP contribution in [0.3, 0.4) is 0 Å². The van der Waals surface area contributed by atoms with E-state index in [0.29, 0.717) is 5.75 Å². The summed E-state index contributed by atoms with van der Waals surface area (Å²) in [5, 5.41) is 2.17. The van der Waals surface area contributed by atoms with Crippen molar-refractivity contribution >= 4 is 28.6 Å². The zero-order chi connectivity index (χ0) is 16.1. The monoisotopic (exact) mass is 316 g/mol. The van der Waals surface area contributed by atoms with Crippen LogP contribution in [0, 0.1) is 6.92 Å². The van der Waals surface area contributed by atoms with E-state index in [1.807, 2.05) is 18.7 Å². The lowest BCUT2D eigenvalue weighted by Crippen LogP contribution is -2.31. The van der Waals surface area contributed by atoms with Gasteiger partial charge in [0.15, 0.2) is 0 Å². The Morgan fingerprint density at radius 3 is 2.59 bits per heavy atom. The van der Waals surface area contributed by atoms with Crippen LogP contribution in [-0.4, -0.2) is 34.6 Å². The Labute approximate surface area is 137 Å². The first-order valence-electron chi connectivity index (χ1n) is 7.90. The molecular weight excluding hydrogens is 292 g/mol. The molecule has 0 spiro atoms. The van der Waals surface area contributed by atoms with Gasteiger partial charge in [-0.2, -0.15) is 0 Å². The third-order valence-electron chi connectivity index (χ3n) is 3.92. The van der Waals surface area contributed by atoms with Crippen molar-refractivity contribution in [3.63, 3.8) is 0 Å². The van der Waals surface area contributed by atoms with Crippen LogP contribution in [-0.2, 0) is 11.2 Å². The lowest BCUT2D eigenvalue weighted by atomic mass is 10.1. The summed E-state index contributed by atoms with van der Waals surface area (Å²) in [4.78, 5) is 18.9.